The molecule has 0 radical (unpaired) electrons. The van der Waals surface area contributed by atoms with E-state index >= 15 is 0 Å². The van der Waals surface area contributed by atoms with Gasteiger partial charge in [-0.25, -0.2) is 4.79 Å². The molecular weight excluding hydrogens is 412 g/mol. The first-order valence-corrected chi connectivity index (χ1v) is 11.1. The van der Waals surface area contributed by atoms with Gasteiger partial charge in [0.25, 0.3) is 11.5 Å². The summed E-state index contributed by atoms with van der Waals surface area (Å²) in [5.74, 6) is -0.315. The van der Waals surface area contributed by atoms with Crippen molar-refractivity contribution < 1.29 is 4.79 Å². The Kier molecular flexibility index (Phi) is 6.18. The maximum absolute atomic E-state index is 13.2. The molecule has 1 saturated carbocycles. The van der Waals surface area contributed by atoms with Gasteiger partial charge in [0.2, 0.25) is 0 Å². The minimum Gasteiger partial charge on any atom is -0.383 e. The van der Waals surface area contributed by atoms with Gasteiger partial charge in [-0.3, -0.25) is 24.0 Å². The summed E-state index contributed by atoms with van der Waals surface area (Å²) in [6, 6.07) is 13.1. The molecule has 0 aliphatic heterocycles. The molecule has 3 N–H and O–H groups in total. The largest absolute Gasteiger partial charge is 0.383 e. The van der Waals surface area contributed by atoms with E-state index in [0.717, 1.165) is 36.1 Å². The third-order valence-corrected chi connectivity index (χ3v) is 6.34. The summed E-state index contributed by atoms with van der Waals surface area (Å²) in [7, 11) is 0. The van der Waals surface area contributed by atoms with Crippen molar-refractivity contribution in [3.63, 3.8) is 0 Å². The molecule has 1 aliphatic rings. The summed E-state index contributed by atoms with van der Waals surface area (Å²) in [6.45, 7) is 0.201. The lowest BCUT2D eigenvalue weighted by Crippen LogP contribution is -2.45. The standard InChI is InChI=1S/C23H24N4O3S/c24-21-20(22(29)25-23(30)26(21)15-16-7-2-1-3-8-16)27(17-9-4-5-10-17)19(28)13-12-18-11-6-14-31-18/h1-3,6-8,11-14,17H,4-5,9-10,15,24H2,(H,25,29,30). The first kappa shape index (κ1) is 20.9. The van der Waals surface area contributed by atoms with Gasteiger partial charge >= 0.3 is 5.69 Å². The Morgan fingerprint density at radius 3 is 2.58 bits per heavy atom. The summed E-state index contributed by atoms with van der Waals surface area (Å²) < 4.78 is 1.31. The average Bonchev–Trinajstić information content (AvgIpc) is 3.47. The number of nitrogens with one attached hydrogen (secondary N) is 1. The van der Waals surface area contributed by atoms with Gasteiger partial charge in [0.1, 0.15) is 5.82 Å². The molecular formula is C23H24N4O3S. The zero-order chi connectivity index (χ0) is 21.8. The van der Waals surface area contributed by atoms with Crippen LogP contribution in [-0.4, -0.2) is 21.5 Å². The van der Waals surface area contributed by atoms with Crippen molar-refractivity contribution in [1.29, 1.82) is 0 Å². The van der Waals surface area contributed by atoms with Crippen LogP contribution in [0.4, 0.5) is 11.5 Å². The van der Waals surface area contributed by atoms with E-state index in [1.54, 1.807) is 6.08 Å². The Bertz CT molecular complexity index is 1190. The van der Waals surface area contributed by atoms with Crippen LogP contribution in [0.2, 0.25) is 0 Å². The molecule has 2 heterocycles. The number of rotatable bonds is 6. The fourth-order valence-corrected chi connectivity index (χ4v) is 4.61. The fourth-order valence-electron chi connectivity index (χ4n) is 3.99. The second kappa shape index (κ2) is 9.18. The van der Waals surface area contributed by atoms with E-state index in [9.17, 15) is 14.4 Å². The van der Waals surface area contributed by atoms with Gasteiger partial charge < -0.3 is 5.73 Å². The number of H-pyrrole nitrogens is 1. The number of hydrogen-bond donors (Lipinski definition) is 2. The van der Waals surface area contributed by atoms with E-state index in [1.807, 2.05) is 47.8 Å². The van der Waals surface area contributed by atoms with Gasteiger partial charge in [0.05, 0.1) is 6.54 Å². The van der Waals surface area contributed by atoms with E-state index in [-0.39, 0.29) is 30.0 Å². The monoisotopic (exact) mass is 436 g/mol. The molecule has 1 fully saturated rings. The number of carbonyl (C=O) groups excluding carboxylic acids is 1. The predicted octanol–water partition coefficient (Wildman–Crippen LogP) is 3.22. The quantitative estimate of drug-likeness (QED) is 0.579. The van der Waals surface area contributed by atoms with Crippen LogP contribution < -0.4 is 21.9 Å². The van der Waals surface area contributed by atoms with Gasteiger partial charge in [-0.2, -0.15) is 0 Å². The summed E-state index contributed by atoms with van der Waals surface area (Å²) in [5, 5.41) is 1.93. The lowest BCUT2D eigenvalue weighted by molar-refractivity contribution is -0.114. The van der Waals surface area contributed by atoms with Crippen molar-refractivity contribution in [2.75, 3.05) is 10.6 Å². The molecule has 0 saturated heterocycles. The maximum atomic E-state index is 13.2. The predicted molar refractivity (Wildman–Crippen MR) is 124 cm³/mol. The van der Waals surface area contributed by atoms with Crippen molar-refractivity contribution in [2.45, 2.75) is 38.3 Å². The van der Waals surface area contributed by atoms with Crippen LogP contribution in [0, 0.1) is 0 Å². The number of nitrogens with two attached hydrogens (primary N) is 1. The van der Waals surface area contributed by atoms with E-state index in [0.29, 0.717) is 0 Å². The molecule has 1 aromatic carbocycles. The zero-order valence-electron chi connectivity index (χ0n) is 17.0. The van der Waals surface area contributed by atoms with Crippen molar-refractivity contribution in [2.24, 2.45) is 0 Å². The number of anilines is 2. The van der Waals surface area contributed by atoms with Crippen LogP contribution >= 0.6 is 11.3 Å². The number of aromatic amines is 1. The SMILES string of the molecule is Nc1c(N(C(=O)C=Cc2cccs2)C2CCCC2)c(=O)[nH]c(=O)n1Cc1ccccc1. The second-order valence-corrected chi connectivity index (χ2v) is 8.54. The normalized spacial score (nSPS) is 14.3. The van der Waals surface area contributed by atoms with Crippen molar-refractivity contribution in [3.05, 3.63) is 85.2 Å². The Hall–Kier alpha value is -3.39. The number of thiophene rings is 1. The van der Waals surface area contributed by atoms with Crippen molar-refractivity contribution >= 4 is 34.8 Å². The maximum Gasteiger partial charge on any atom is 0.330 e. The van der Waals surface area contributed by atoms with Crippen molar-refractivity contribution in [3.8, 4) is 0 Å². The van der Waals surface area contributed by atoms with Gasteiger partial charge in [0.15, 0.2) is 5.69 Å². The van der Waals surface area contributed by atoms with Crippen LogP contribution in [0.1, 0.15) is 36.1 Å². The van der Waals surface area contributed by atoms with Gasteiger partial charge in [0, 0.05) is 17.0 Å². The summed E-state index contributed by atoms with van der Waals surface area (Å²) in [4.78, 5) is 43.4. The van der Waals surface area contributed by atoms with Crippen LogP contribution in [0.3, 0.4) is 0 Å². The Morgan fingerprint density at radius 2 is 1.90 bits per heavy atom. The average molecular weight is 437 g/mol. The van der Waals surface area contributed by atoms with Gasteiger partial charge in [-0.15, -0.1) is 11.3 Å². The lowest BCUT2D eigenvalue weighted by atomic mass is 10.1. The third kappa shape index (κ3) is 4.54. The minimum atomic E-state index is -0.642. The fraction of sp³-hybridized carbons (Fsp3) is 0.261. The van der Waals surface area contributed by atoms with Crippen LogP contribution in [0.5, 0.6) is 0 Å². The Balaban J connectivity index is 1.77. The highest BCUT2D eigenvalue weighted by atomic mass is 32.1. The molecule has 7 nitrogen and oxygen atoms in total. The van der Waals surface area contributed by atoms with Crippen LogP contribution in [0.25, 0.3) is 6.08 Å². The number of amides is 1. The molecule has 3 aromatic rings. The molecule has 0 spiro atoms. The molecule has 0 bridgehead atoms. The first-order chi connectivity index (χ1) is 15.0. The molecule has 31 heavy (non-hydrogen) atoms. The molecule has 1 amide bonds. The lowest BCUT2D eigenvalue weighted by Gasteiger charge is -2.29. The molecule has 8 heteroatoms. The number of nitrogens with zero attached hydrogens (tertiary/aromatic N) is 2. The summed E-state index contributed by atoms with van der Waals surface area (Å²) >= 11 is 1.52. The van der Waals surface area contributed by atoms with Crippen LogP contribution in [-0.2, 0) is 11.3 Å². The van der Waals surface area contributed by atoms with Gasteiger partial charge in [-0.05, 0) is 35.9 Å². The highest BCUT2D eigenvalue weighted by Crippen LogP contribution is 2.30. The number of benzene rings is 1. The smallest absolute Gasteiger partial charge is 0.330 e. The number of carbonyl (C=O) groups is 1. The highest BCUT2D eigenvalue weighted by Gasteiger charge is 2.31. The Labute approximate surface area is 183 Å². The van der Waals surface area contributed by atoms with E-state index in [4.69, 9.17) is 5.73 Å². The highest BCUT2D eigenvalue weighted by molar-refractivity contribution is 7.10. The molecule has 0 unspecified atom stereocenters. The topological polar surface area (TPSA) is 101 Å². The zero-order valence-corrected chi connectivity index (χ0v) is 17.8. The first-order valence-electron chi connectivity index (χ1n) is 10.3. The summed E-state index contributed by atoms with van der Waals surface area (Å²) in [5.41, 5.74) is 6.03. The van der Waals surface area contributed by atoms with E-state index in [2.05, 4.69) is 4.98 Å². The van der Waals surface area contributed by atoms with Gasteiger partial charge in [-0.1, -0.05) is 49.2 Å². The minimum absolute atomic E-state index is 0.00220. The molecule has 2 aromatic heterocycles. The number of nitrogen functional groups attached to an aromatic ring is 1. The third-order valence-electron chi connectivity index (χ3n) is 5.50. The molecule has 1 aliphatic carbocycles. The second-order valence-electron chi connectivity index (χ2n) is 7.56. The summed E-state index contributed by atoms with van der Waals surface area (Å²) in [6.07, 6.45) is 6.73. The Morgan fingerprint density at radius 1 is 1.16 bits per heavy atom. The number of hydrogen-bond acceptors (Lipinski definition) is 5. The van der Waals surface area contributed by atoms with Crippen molar-refractivity contribution in [1.82, 2.24) is 9.55 Å². The molecule has 4 rings (SSSR count). The van der Waals surface area contributed by atoms with E-state index < -0.39 is 11.2 Å². The number of aromatic nitrogens is 2. The van der Waals surface area contributed by atoms with Crippen LogP contribution in [0.15, 0.2) is 63.5 Å². The van der Waals surface area contributed by atoms with E-state index in [1.165, 1.54) is 26.9 Å². The molecule has 0 atom stereocenters. The molecule has 160 valence electrons.